The van der Waals surface area contributed by atoms with E-state index in [1.807, 2.05) is 109 Å². The molecule has 0 bridgehead atoms. The molecule has 6 aromatic heterocycles. The molecule has 0 aliphatic carbocycles. The summed E-state index contributed by atoms with van der Waals surface area (Å²) in [5.74, 6) is 4.76. The molecule has 0 spiro atoms. The lowest BCUT2D eigenvalue weighted by Gasteiger charge is -2.29. The first-order valence-corrected chi connectivity index (χ1v) is 32.1. The van der Waals surface area contributed by atoms with Crippen LogP contribution in [-0.2, 0) is 0 Å². The molecule has 0 saturated heterocycles. The van der Waals surface area contributed by atoms with Gasteiger partial charge in [-0.15, -0.1) is 0 Å². The van der Waals surface area contributed by atoms with Gasteiger partial charge >= 0.3 is 0 Å². The highest BCUT2D eigenvalue weighted by molar-refractivity contribution is 6.15. The number of H-pyrrole nitrogens is 6. The summed E-state index contributed by atoms with van der Waals surface area (Å²) in [6.45, 7) is 0. The lowest BCUT2D eigenvalue weighted by Crippen LogP contribution is -2.02. The number of nitrogens with one attached hydrogen (secondary N) is 6. The zero-order valence-electron chi connectivity index (χ0n) is 51.4. The number of nitrogens with zero attached hydrogens (tertiary/aromatic N) is 6. The molecule has 0 saturated carbocycles. The second kappa shape index (κ2) is 22.2. The molecule has 6 N–H and O–H groups in total. The van der Waals surface area contributed by atoms with Gasteiger partial charge in [-0.3, -0.25) is 0 Å². The van der Waals surface area contributed by atoms with E-state index in [9.17, 15) is 0 Å². The van der Waals surface area contributed by atoms with Crippen molar-refractivity contribution in [2.45, 2.75) is 0 Å². The van der Waals surface area contributed by atoms with Crippen molar-refractivity contribution in [2.75, 3.05) is 0 Å². The summed E-state index contributed by atoms with van der Waals surface area (Å²) < 4.78 is 0. The first kappa shape index (κ1) is 54.4. The number of benzene rings is 13. The van der Waals surface area contributed by atoms with E-state index >= 15 is 0 Å². The van der Waals surface area contributed by atoms with Crippen molar-refractivity contribution in [3.8, 4) is 135 Å². The third kappa shape index (κ3) is 9.46. The molecule has 0 fully saturated rings. The van der Waals surface area contributed by atoms with Gasteiger partial charge in [-0.05, 0) is 140 Å². The molecule has 96 heavy (non-hydrogen) atoms. The molecule has 12 heteroatoms. The minimum Gasteiger partial charge on any atom is -0.338 e. The fraction of sp³-hybridized carbons (Fsp3) is 0. The van der Waals surface area contributed by atoms with Crippen molar-refractivity contribution < 1.29 is 0 Å². The Hall–Kier alpha value is -13.3. The summed E-state index contributed by atoms with van der Waals surface area (Å²) >= 11 is 0. The Morgan fingerprint density at radius 3 is 0.396 bits per heavy atom. The van der Waals surface area contributed by atoms with Crippen LogP contribution in [0.15, 0.2) is 291 Å². The van der Waals surface area contributed by atoms with Crippen LogP contribution in [0.2, 0.25) is 0 Å². The third-order valence-corrected chi connectivity index (χ3v) is 18.5. The van der Waals surface area contributed by atoms with E-state index in [2.05, 4.69) is 212 Å². The zero-order valence-corrected chi connectivity index (χ0v) is 51.4. The lowest BCUT2D eigenvalue weighted by molar-refractivity contribution is 1.33. The van der Waals surface area contributed by atoms with Gasteiger partial charge in [0.1, 0.15) is 34.9 Å². The van der Waals surface area contributed by atoms with Crippen molar-refractivity contribution in [2.24, 2.45) is 0 Å². The highest BCUT2D eigenvalue weighted by Crippen LogP contribution is 2.57. The van der Waals surface area contributed by atoms with Gasteiger partial charge in [0.25, 0.3) is 0 Å². The summed E-state index contributed by atoms with van der Waals surface area (Å²) in [6, 6.07) is 103. The van der Waals surface area contributed by atoms with Gasteiger partial charge in [0.05, 0.1) is 66.2 Å². The SMILES string of the molecule is c1ccc2[nH]c(-c3ccc(-c4c(-c5ccc(-c6nc7ccccc7[nH]6)cc5)c(-c5ccc(-c6nc7ccccc7[nH]6)cc5)c(-c5ccc(-c6nc7ccccc7[nH]6)cc5)c(-c5ccc(-c6nc7ccccc7[nH]6)cc5)c4-c4ccc(-c5nc6ccccc6[nH]5)cc4)cc3)nc2c1. The predicted octanol–water partition coefficient (Wildman–Crippen LogP) is 20.9. The Balaban J connectivity index is 0.925. The number of rotatable bonds is 12. The molecule has 6 heterocycles. The normalized spacial score (nSPS) is 11.8. The number of hydrogen-bond donors (Lipinski definition) is 6. The Kier molecular flexibility index (Phi) is 12.6. The highest BCUT2D eigenvalue weighted by atomic mass is 15.0. The predicted molar refractivity (Wildman–Crippen MR) is 390 cm³/mol. The van der Waals surface area contributed by atoms with E-state index < -0.39 is 0 Å². The Morgan fingerprint density at radius 1 is 0.135 bits per heavy atom. The van der Waals surface area contributed by atoms with Gasteiger partial charge in [0, 0.05) is 33.4 Å². The van der Waals surface area contributed by atoms with Crippen molar-refractivity contribution in [3.05, 3.63) is 291 Å². The van der Waals surface area contributed by atoms with E-state index in [0.29, 0.717) is 0 Å². The van der Waals surface area contributed by atoms with E-state index in [-0.39, 0.29) is 0 Å². The van der Waals surface area contributed by atoms with Crippen LogP contribution in [0, 0.1) is 0 Å². The van der Waals surface area contributed by atoms with Crippen LogP contribution in [0.1, 0.15) is 0 Å². The number of fused-ring (bicyclic) bond motifs is 6. The molecular formula is C84H54N12. The molecule has 0 amide bonds. The number of para-hydroxylation sites is 12. The molecule has 12 nitrogen and oxygen atoms in total. The number of aromatic amines is 6. The molecule has 0 unspecified atom stereocenters. The largest absolute Gasteiger partial charge is 0.338 e. The molecule has 0 aliphatic heterocycles. The Morgan fingerprint density at radius 2 is 0.260 bits per heavy atom. The Bertz CT molecular complexity index is 4960. The molecule has 0 atom stereocenters. The minimum atomic E-state index is 0.794. The molecule has 19 rings (SSSR count). The molecule has 0 radical (unpaired) electrons. The summed E-state index contributed by atoms with van der Waals surface area (Å²) in [5, 5.41) is 0. The summed E-state index contributed by atoms with van der Waals surface area (Å²) in [7, 11) is 0. The maximum Gasteiger partial charge on any atom is 0.138 e. The zero-order chi connectivity index (χ0) is 63.2. The van der Waals surface area contributed by atoms with Crippen LogP contribution in [0.25, 0.3) is 201 Å². The second-order valence-corrected chi connectivity index (χ2v) is 24.3. The van der Waals surface area contributed by atoms with E-state index in [1.54, 1.807) is 0 Å². The fourth-order valence-corrected chi connectivity index (χ4v) is 13.8. The molecule has 450 valence electrons. The van der Waals surface area contributed by atoms with Gasteiger partial charge in [-0.25, -0.2) is 29.9 Å². The van der Waals surface area contributed by atoms with Crippen molar-refractivity contribution in [1.82, 2.24) is 59.8 Å². The first-order valence-electron chi connectivity index (χ1n) is 32.1. The van der Waals surface area contributed by atoms with Crippen molar-refractivity contribution >= 4 is 66.2 Å². The first-order chi connectivity index (χ1) is 47.5. The lowest BCUT2D eigenvalue weighted by atomic mass is 9.74. The quantitative estimate of drug-likeness (QED) is 0.0711. The van der Waals surface area contributed by atoms with Gasteiger partial charge in [0.15, 0.2) is 0 Å². The van der Waals surface area contributed by atoms with Crippen LogP contribution in [-0.4, -0.2) is 59.8 Å². The standard InChI is InChI=1S/C84H54N12/c1-2-14-62-61(13-1)85-79(86-62)55-37-25-49(26-38-55)73-74(50-27-39-56(40-28-50)80-87-63-15-3-4-16-64(63)88-80)76(52-31-43-58(44-32-52)82-91-67-19-7-8-20-68(67)92-82)78(54-35-47-60(48-36-54)84-95-71-23-11-12-24-72(71)96-84)77(53-33-45-59(46-34-53)83-93-69-21-9-10-22-70(69)94-83)75(73)51-29-41-57(42-30-51)81-89-65-17-5-6-18-66(65)90-81/h1-48H,(H,85,86)(H,87,88)(H,89,90)(H,91,92)(H,93,94)(H,95,96). The molecular weight excluding hydrogens is 1180 g/mol. The monoisotopic (exact) mass is 1230 g/mol. The summed E-state index contributed by atoms with van der Waals surface area (Å²) in [4.78, 5) is 52.2. The fourth-order valence-electron chi connectivity index (χ4n) is 13.8. The van der Waals surface area contributed by atoms with Gasteiger partial charge in [-0.2, -0.15) is 0 Å². The maximum absolute atomic E-state index is 5.09. The molecule has 0 aliphatic rings. The van der Waals surface area contributed by atoms with Crippen LogP contribution < -0.4 is 0 Å². The van der Waals surface area contributed by atoms with E-state index in [0.717, 1.165) is 201 Å². The van der Waals surface area contributed by atoms with Crippen molar-refractivity contribution in [1.29, 1.82) is 0 Å². The average Bonchev–Trinajstić information content (AvgIpc) is 1.15. The van der Waals surface area contributed by atoms with Crippen LogP contribution in [0.4, 0.5) is 0 Å². The van der Waals surface area contributed by atoms with Crippen molar-refractivity contribution in [3.63, 3.8) is 0 Å². The summed E-state index contributed by atoms with van der Waals surface area (Å²) in [6.07, 6.45) is 0. The second-order valence-electron chi connectivity index (χ2n) is 24.3. The van der Waals surface area contributed by atoms with E-state index in [1.165, 1.54) is 0 Å². The number of aromatic nitrogens is 12. The minimum absolute atomic E-state index is 0.794. The maximum atomic E-state index is 5.09. The van der Waals surface area contributed by atoms with Gasteiger partial charge in [0.2, 0.25) is 0 Å². The summed E-state index contributed by atoms with van der Waals surface area (Å²) in [5.41, 5.74) is 29.4. The topological polar surface area (TPSA) is 172 Å². The molecule has 13 aromatic carbocycles. The number of imidazole rings is 6. The van der Waals surface area contributed by atoms with Gasteiger partial charge < -0.3 is 29.9 Å². The Labute approximate surface area is 549 Å². The highest BCUT2D eigenvalue weighted by Gasteiger charge is 2.30. The van der Waals surface area contributed by atoms with Crippen LogP contribution in [0.3, 0.4) is 0 Å². The van der Waals surface area contributed by atoms with Crippen LogP contribution in [0.5, 0.6) is 0 Å². The van der Waals surface area contributed by atoms with Crippen LogP contribution >= 0.6 is 0 Å². The van der Waals surface area contributed by atoms with Gasteiger partial charge in [-0.1, -0.05) is 218 Å². The molecule has 19 aromatic rings. The number of hydrogen-bond acceptors (Lipinski definition) is 6. The average molecular weight is 1230 g/mol. The smallest absolute Gasteiger partial charge is 0.138 e. The third-order valence-electron chi connectivity index (χ3n) is 18.5. The van der Waals surface area contributed by atoms with E-state index in [4.69, 9.17) is 29.9 Å².